The number of nitrogens with one attached hydrogen (secondary N) is 1. The van der Waals surface area contributed by atoms with Crippen LogP contribution < -0.4 is 0 Å². The molecule has 3 nitrogen and oxygen atoms in total. The van der Waals surface area contributed by atoms with Gasteiger partial charge in [0, 0.05) is 34.8 Å². The highest BCUT2D eigenvalue weighted by molar-refractivity contribution is 6.00. The van der Waals surface area contributed by atoms with Crippen LogP contribution in [0.3, 0.4) is 0 Å². The number of para-hydroxylation sites is 1. The van der Waals surface area contributed by atoms with Crippen molar-refractivity contribution in [1.29, 1.82) is 0 Å². The quantitative estimate of drug-likeness (QED) is 0.548. The molecule has 0 saturated heterocycles. The van der Waals surface area contributed by atoms with Gasteiger partial charge in [-0.25, -0.2) is 4.39 Å². The summed E-state index contributed by atoms with van der Waals surface area (Å²) in [7, 11) is 0. The van der Waals surface area contributed by atoms with Gasteiger partial charge in [-0.15, -0.1) is 0 Å². The second kappa shape index (κ2) is 6.09. The molecular formula is C23H17FN2O. The van der Waals surface area contributed by atoms with Crippen LogP contribution in [0.4, 0.5) is 4.39 Å². The summed E-state index contributed by atoms with van der Waals surface area (Å²) < 4.78 is 13.3. The van der Waals surface area contributed by atoms with E-state index in [1.807, 2.05) is 53.6 Å². The molecule has 1 aromatic heterocycles. The lowest BCUT2D eigenvalue weighted by Gasteiger charge is -2.25. The van der Waals surface area contributed by atoms with Gasteiger partial charge >= 0.3 is 0 Å². The summed E-state index contributed by atoms with van der Waals surface area (Å²) in [6.45, 7) is 0.429. The van der Waals surface area contributed by atoms with Gasteiger partial charge in [0.15, 0.2) is 0 Å². The largest absolute Gasteiger partial charge is 0.361 e. The van der Waals surface area contributed by atoms with Crippen LogP contribution in [-0.2, 0) is 6.54 Å². The summed E-state index contributed by atoms with van der Waals surface area (Å²) in [4.78, 5) is 18.3. The molecule has 1 aliphatic rings. The van der Waals surface area contributed by atoms with Crippen molar-refractivity contribution in [2.75, 3.05) is 0 Å². The molecule has 0 unspecified atom stereocenters. The maximum atomic E-state index is 13.3. The van der Waals surface area contributed by atoms with Gasteiger partial charge in [-0.3, -0.25) is 4.79 Å². The fourth-order valence-corrected chi connectivity index (χ4v) is 3.98. The first-order valence-electron chi connectivity index (χ1n) is 8.93. The van der Waals surface area contributed by atoms with Crippen LogP contribution in [0.1, 0.15) is 33.1 Å². The van der Waals surface area contributed by atoms with E-state index in [0.29, 0.717) is 6.54 Å². The first-order valence-corrected chi connectivity index (χ1v) is 8.93. The Morgan fingerprint density at radius 2 is 1.63 bits per heavy atom. The van der Waals surface area contributed by atoms with E-state index in [1.165, 1.54) is 12.1 Å². The Morgan fingerprint density at radius 3 is 2.48 bits per heavy atom. The average Bonchev–Trinajstić information content (AvgIpc) is 3.23. The number of hydrogen-bond acceptors (Lipinski definition) is 1. The minimum atomic E-state index is -0.275. The number of aromatic amines is 1. The maximum Gasteiger partial charge on any atom is 0.255 e. The van der Waals surface area contributed by atoms with Gasteiger partial charge in [0.25, 0.3) is 5.91 Å². The molecule has 132 valence electrons. The number of rotatable bonds is 3. The zero-order valence-electron chi connectivity index (χ0n) is 14.5. The van der Waals surface area contributed by atoms with E-state index >= 15 is 0 Å². The minimum Gasteiger partial charge on any atom is -0.361 e. The van der Waals surface area contributed by atoms with E-state index in [-0.39, 0.29) is 17.8 Å². The number of H-pyrrole nitrogens is 1. The molecule has 3 aromatic carbocycles. The van der Waals surface area contributed by atoms with Gasteiger partial charge in [-0.05, 0) is 35.4 Å². The average molecular weight is 356 g/mol. The third-order valence-corrected chi connectivity index (χ3v) is 5.24. The smallest absolute Gasteiger partial charge is 0.255 e. The van der Waals surface area contributed by atoms with Crippen molar-refractivity contribution in [2.24, 2.45) is 0 Å². The van der Waals surface area contributed by atoms with E-state index in [1.54, 1.807) is 12.1 Å². The highest BCUT2D eigenvalue weighted by atomic mass is 19.1. The van der Waals surface area contributed by atoms with E-state index in [4.69, 9.17) is 0 Å². The number of fused-ring (bicyclic) bond motifs is 2. The summed E-state index contributed by atoms with van der Waals surface area (Å²) in [5, 5.41) is 1.11. The van der Waals surface area contributed by atoms with Crippen molar-refractivity contribution in [3.63, 3.8) is 0 Å². The maximum absolute atomic E-state index is 13.3. The topological polar surface area (TPSA) is 36.1 Å². The normalized spacial score (nSPS) is 16.1. The molecule has 1 amide bonds. The lowest BCUT2D eigenvalue weighted by Crippen LogP contribution is -2.28. The van der Waals surface area contributed by atoms with Crippen LogP contribution in [0.5, 0.6) is 0 Å². The Labute approximate surface area is 156 Å². The minimum absolute atomic E-state index is 0.00482. The Bertz CT molecular complexity index is 1150. The molecule has 4 aromatic rings. The lowest BCUT2D eigenvalue weighted by molar-refractivity contribution is 0.0737. The van der Waals surface area contributed by atoms with E-state index in [9.17, 15) is 9.18 Å². The molecule has 0 radical (unpaired) electrons. The molecule has 27 heavy (non-hydrogen) atoms. The number of nitrogens with zero attached hydrogens (tertiary/aromatic N) is 1. The van der Waals surface area contributed by atoms with Crippen molar-refractivity contribution < 1.29 is 9.18 Å². The Balaban J connectivity index is 1.64. The predicted octanol–water partition coefficient (Wildman–Crippen LogP) is 5.05. The molecule has 0 aliphatic carbocycles. The number of carbonyl (C=O) groups is 1. The number of halogens is 1. The summed E-state index contributed by atoms with van der Waals surface area (Å²) in [6, 6.07) is 22.0. The van der Waals surface area contributed by atoms with Crippen LogP contribution in [-0.4, -0.2) is 15.8 Å². The Morgan fingerprint density at radius 1 is 0.889 bits per heavy atom. The molecule has 0 spiro atoms. The van der Waals surface area contributed by atoms with Crippen LogP contribution in [0.2, 0.25) is 0 Å². The zero-order chi connectivity index (χ0) is 18.4. The molecule has 2 heterocycles. The monoisotopic (exact) mass is 356 g/mol. The molecular weight excluding hydrogens is 339 g/mol. The number of hydrogen-bond donors (Lipinski definition) is 1. The van der Waals surface area contributed by atoms with Crippen molar-refractivity contribution in [1.82, 2.24) is 9.88 Å². The van der Waals surface area contributed by atoms with Crippen LogP contribution in [0, 0.1) is 5.82 Å². The number of amides is 1. The molecule has 1 atom stereocenters. The fraction of sp³-hybridized carbons (Fsp3) is 0.0870. The van der Waals surface area contributed by atoms with Crippen LogP contribution in [0.25, 0.3) is 10.9 Å². The lowest BCUT2D eigenvalue weighted by atomic mass is 9.97. The van der Waals surface area contributed by atoms with Crippen molar-refractivity contribution in [2.45, 2.75) is 12.6 Å². The molecule has 4 heteroatoms. The number of benzene rings is 3. The molecule has 1 N–H and O–H groups in total. The van der Waals surface area contributed by atoms with Crippen molar-refractivity contribution in [3.05, 3.63) is 107 Å². The number of aromatic nitrogens is 1. The molecule has 1 aliphatic heterocycles. The SMILES string of the molecule is O=C1c2ccccc2[C@@H](c2c[nH]c3ccccc23)N1Cc1ccc(F)cc1. The third kappa shape index (κ3) is 2.53. The van der Waals surface area contributed by atoms with Gasteiger partial charge in [0.1, 0.15) is 5.82 Å². The van der Waals surface area contributed by atoms with Gasteiger partial charge in [-0.1, -0.05) is 48.5 Å². The number of carbonyl (C=O) groups excluding carboxylic acids is 1. The Kier molecular flexibility index (Phi) is 3.57. The van der Waals surface area contributed by atoms with E-state index < -0.39 is 0 Å². The van der Waals surface area contributed by atoms with Gasteiger partial charge in [0.2, 0.25) is 0 Å². The highest BCUT2D eigenvalue weighted by Gasteiger charge is 2.38. The predicted molar refractivity (Wildman–Crippen MR) is 103 cm³/mol. The molecule has 0 fully saturated rings. The molecule has 0 bridgehead atoms. The fourth-order valence-electron chi connectivity index (χ4n) is 3.98. The molecule has 5 rings (SSSR count). The van der Waals surface area contributed by atoms with E-state index in [0.717, 1.165) is 33.2 Å². The second-order valence-electron chi connectivity index (χ2n) is 6.84. The first-order chi connectivity index (χ1) is 13.2. The summed E-state index contributed by atoms with van der Waals surface area (Å²) in [5.41, 5.74) is 4.77. The van der Waals surface area contributed by atoms with Crippen LogP contribution >= 0.6 is 0 Å². The van der Waals surface area contributed by atoms with Crippen LogP contribution in [0.15, 0.2) is 79.0 Å². The molecule has 0 saturated carbocycles. The first kappa shape index (κ1) is 15.8. The third-order valence-electron chi connectivity index (χ3n) is 5.24. The second-order valence-corrected chi connectivity index (χ2v) is 6.84. The van der Waals surface area contributed by atoms with Gasteiger partial charge in [-0.2, -0.15) is 0 Å². The standard InChI is InChI=1S/C23H17FN2O/c24-16-11-9-15(10-12-16)14-26-22(18-6-1-2-7-19(18)23(26)27)20-13-25-21-8-4-3-5-17(20)21/h1-13,22,25H,14H2/t22-/m0/s1. The van der Waals surface area contributed by atoms with Crippen molar-refractivity contribution in [3.8, 4) is 0 Å². The van der Waals surface area contributed by atoms with Crippen molar-refractivity contribution >= 4 is 16.8 Å². The summed E-state index contributed by atoms with van der Waals surface area (Å²) in [5.74, 6) is -0.270. The summed E-state index contributed by atoms with van der Waals surface area (Å²) in [6.07, 6.45) is 1.99. The zero-order valence-corrected chi connectivity index (χ0v) is 14.5. The van der Waals surface area contributed by atoms with Gasteiger partial charge in [0.05, 0.1) is 6.04 Å². The van der Waals surface area contributed by atoms with Gasteiger partial charge < -0.3 is 9.88 Å². The Hall–Kier alpha value is -3.40. The highest BCUT2D eigenvalue weighted by Crippen LogP contribution is 2.41. The summed E-state index contributed by atoms with van der Waals surface area (Å²) >= 11 is 0. The van der Waals surface area contributed by atoms with E-state index in [2.05, 4.69) is 11.1 Å².